The summed E-state index contributed by atoms with van der Waals surface area (Å²) in [6, 6.07) is 17.7. The third kappa shape index (κ3) is 4.08. The van der Waals surface area contributed by atoms with E-state index < -0.39 is 11.3 Å². The summed E-state index contributed by atoms with van der Waals surface area (Å²) >= 11 is 0. The van der Waals surface area contributed by atoms with E-state index in [2.05, 4.69) is 5.32 Å². The fraction of sp³-hybridized carbons (Fsp3) is 0.375. The molecule has 3 N–H and O–H groups in total. The smallest absolute Gasteiger partial charge is 0.241 e. The van der Waals surface area contributed by atoms with Crippen LogP contribution in [0, 0.1) is 5.92 Å². The number of nitrogens with one attached hydrogen (secondary N) is 1. The molecule has 0 bridgehead atoms. The van der Waals surface area contributed by atoms with Crippen molar-refractivity contribution in [1.29, 1.82) is 0 Å². The number of nitrogens with two attached hydrogens (primary N) is 1. The van der Waals surface area contributed by atoms with E-state index in [1.54, 1.807) is 11.8 Å². The molecule has 3 rings (SSSR count). The van der Waals surface area contributed by atoms with Crippen LogP contribution in [0.5, 0.6) is 0 Å². The maximum Gasteiger partial charge on any atom is 0.241 e. The van der Waals surface area contributed by atoms with Gasteiger partial charge in [-0.2, -0.15) is 0 Å². The molecule has 2 aromatic carbocycles. The molecule has 1 aliphatic heterocycles. The number of primary amides is 1. The van der Waals surface area contributed by atoms with Crippen molar-refractivity contribution in [1.82, 2.24) is 5.32 Å². The minimum atomic E-state index is -0.752. The largest absolute Gasteiger partial charge is 0.369 e. The van der Waals surface area contributed by atoms with E-state index >= 15 is 0 Å². The fourth-order valence-electron chi connectivity index (χ4n) is 4.19. The van der Waals surface area contributed by atoms with Crippen LogP contribution in [0.25, 0.3) is 0 Å². The summed E-state index contributed by atoms with van der Waals surface area (Å²) in [7, 11) is 1.81. The zero-order chi connectivity index (χ0) is 21.7. The Kier molecular flexibility index (Phi) is 6.55. The van der Waals surface area contributed by atoms with E-state index in [0.717, 1.165) is 16.8 Å². The van der Waals surface area contributed by atoms with Gasteiger partial charge in [0.15, 0.2) is 0 Å². The Morgan fingerprint density at radius 3 is 2.47 bits per heavy atom. The molecule has 0 saturated heterocycles. The molecule has 2 aromatic rings. The van der Waals surface area contributed by atoms with Crippen molar-refractivity contribution >= 4 is 23.4 Å². The zero-order valence-corrected chi connectivity index (χ0v) is 17.6. The Bertz CT molecular complexity index is 928. The first-order chi connectivity index (χ1) is 14.4. The lowest BCUT2D eigenvalue weighted by Crippen LogP contribution is -2.40. The third-order valence-electron chi connectivity index (χ3n) is 6.00. The number of likely N-dealkylation sites (N-methyl/N-ethyl adjacent to an activating group) is 1. The Morgan fingerprint density at radius 2 is 1.77 bits per heavy atom. The maximum absolute atomic E-state index is 13.4. The molecule has 1 heterocycles. The number of hydrogen-bond acceptors (Lipinski definition) is 3. The maximum atomic E-state index is 13.4. The molecule has 0 spiro atoms. The zero-order valence-electron chi connectivity index (χ0n) is 17.6. The van der Waals surface area contributed by atoms with Crippen molar-refractivity contribution in [2.75, 3.05) is 18.5 Å². The lowest BCUT2D eigenvalue weighted by Gasteiger charge is -2.29. The molecule has 6 nitrogen and oxygen atoms in total. The topological polar surface area (TPSA) is 92.5 Å². The van der Waals surface area contributed by atoms with Crippen LogP contribution in [-0.4, -0.2) is 31.3 Å². The van der Waals surface area contributed by atoms with Gasteiger partial charge in [-0.05, 0) is 36.5 Å². The molecule has 0 saturated carbocycles. The summed E-state index contributed by atoms with van der Waals surface area (Å²) in [4.78, 5) is 38.4. The van der Waals surface area contributed by atoms with Gasteiger partial charge < -0.3 is 16.0 Å². The summed E-state index contributed by atoms with van der Waals surface area (Å²) in [6.45, 7) is 2.19. The highest BCUT2D eigenvalue weighted by Gasteiger charge is 2.50. The normalized spacial score (nSPS) is 18.7. The van der Waals surface area contributed by atoms with Gasteiger partial charge in [-0.1, -0.05) is 55.5 Å². The summed E-state index contributed by atoms with van der Waals surface area (Å²) in [5.74, 6) is -0.765. The van der Waals surface area contributed by atoms with Crippen LogP contribution < -0.4 is 16.0 Å². The summed E-state index contributed by atoms with van der Waals surface area (Å²) in [5, 5.41) is 2.90. The quantitative estimate of drug-likeness (QED) is 0.626. The number of nitrogens with zero attached hydrogens (tertiary/aromatic N) is 1. The van der Waals surface area contributed by atoms with Crippen LogP contribution in [-0.2, 0) is 19.8 Å². The van der Waals surface area contributed by atoms with E-state index in [9.17, 15) is 14.4 Å². The van der Waals surface area contributed by atoms with Gasteiger partial charge in [-0.15, -0.1) is 0 Å². The van der Waals surface area contributed by atoms with Crippen LogP contribution in [0.15, 0.2) is 54.6 Å². The highest BCUT2D eigenvalue weighted by molar-refractivity contribution is 6.10. The van der Waals surface area contributed by atoms with Gasteiger partial charge in [0.05, 0.1) is 0 Å². The number of amides is 3. The highest BCUT2D eigenvalue weighted by atomic mass is 16.2. The van der Waals surface area contributed by atoms with Crippen LogP contribution in [0.2, 0.25) is 0 Å². The number of rotatable bonds is 9. The molecule has 2 atom stereocenters. The predicted octanol–water partition coefficient (Wildman–Crippen LogP) is 2.75. The molecule has 0 fully saturated rings. The van der Waals surface area contributed by atoms with E-state index in [1.807, 2.05) is 61.6 Å². The van der Waals surface area contributed by atoms with Gasteiger partial charge >= 0.3 is 0 Å². The van der Waals surface area contributed by atoms with Gasteiger partial charge in [-0.3, -0.25) is 14.4 Å². The first-order valence-electron chi connectivity index (χ1n) is 10.4. The number of benzene rings is 2. The van der Waals surface area contributed by atoms with E-state index in [0.29, 0.717) is 25.8 Å². The van der Waals surface area contributed by atoms with Gasteiger partial charge in [0.1, 0.15) is 5.41 Å². The second-order valence-corrected chi connectivity index (χ2v) is 7.95. The number of fused-ring (bicyclic) bond motifs is 1. The van der Waals surface area contributed by atoms with Crippen LogP contribution in [0.1, 0.15) is 43.7 Å². The molecule has 6 heteroatoms. The molecular weight excluding hydrogens is 378 g/mol. The van der Waals surface area contributed by atoms with Gasteiger partial charge in [0.25, 0.3) is 0 Å². The van der Waals surface area contributed by atoms with Crippen molar-refractivity contribution in [3.05, 3.63) is 65.7 Å². The van der Waals surface area contributed by atoms with E-state index in [4.69, 9.17) is 5.73 Å². The molecular formula is C24H29N3O3. The van der Waals surface area contributed by atoms with Crippen molar-refractivity contribution in [3.63, 3.8) is 0 Å². The second kappa shape index (κ2) is 9.11. The Balaban J connectivity index is 1.72. The summed E-state index contributed by atoms with van der Waals surface area (Å²) in [6.07, 6.45) is 1.94. The van der Waals surface area contributed by atoms with Gasteiger partial charge in [-0.25, -0.2) is 0 Å². The molecule has 3 amide bonds. The summed E-state index contributed by atoms with van der Waals surface area (Å²) in [5.41, 5.74) is 7.39. The van der Waals surface area contributed by atoms with E-state index in [1.165, 1.54) is 0 Å². The van der Waals surface area contributed by atoms with Crippen LogP contribution in [0.3, 0.4) is 0 Å². The van der Waals surface area contributed by atoms with Crippen molar-refractivity contribution in [3.8, 4) is 0 Å². The molecule has 0 aromatic heterocycles. The van der Waals surface area contributed by atoms with E-state index in [-0.39, 0.29) is 24.2 Å². The lowest BCUT2D eigenvalue weighted by atomic mass is 9.72. The minimum absolute atomic E-state index is 0.0523. The predicted molar refractivity (Wildman–Crippen MR) is 117 cm³/mol. The van der Waals surface area contributed by atoms with Gasteiger partial charge in [0, 0.05) is 31.6 Å². The average molecular weight is 408 g/mol. The Labute approximate surface area is 177 Å². The molecule has 1 aliphatic rings. The number of para-hydroxylation sites is 1. The van der Waals surface area contributed by atoms with Crippen LogP contribution >= 0.6 is 0 Å². The standard InChI is InChI=1S/C24H29N3O3/c1-17(22(25)29)13-14-21(28)26-16-8-15-24(18-9-4-3-5-10-18)19-11-6-7-12-20(19)27(2)23(24)30/h3-7,9-12,17H,8,13-16H2,1-2H3,(H2,25,29)(H,26,28). The molecule has 0 radical (unpaired) electrons. The number of anilines is 1. The highest BCUT2D eigenvalue weighted by Crippen LogP contribution is 2.48. The Morgan fingerprint density at radius 1 is 1.10 bits per heavy atom. The fourth-order valence-corrected chi connectivity index (χ4v) is 4.19. The van der Waals surface area contributed by atoms with Crippen molar-refractivity contribution < 1.29 is 14.4 Å². The third-order valence-corrected chi connectivity index (χ3v) is 6.00. The first kappa shape index (κ1) is 21.6. The summed E-state index contributed by atoms with van der Waals surface area (Å²) < 4.78 is 0. The second-order valence-electron chi connectivity index (χ2n) is 7.95. The van der Waals surface area contributed by atoms with Crippen LogP contribution in [0.4, 0.5) is 5.69 Å². The molecule has 158 valence electrons. The SMILES string of the molecule is CC(CCC(=O)NCCCC1(c2ccccc2)C(=O)N(C)c2ccccc21)C(N)=O. The monoisotopic (exact) mass is 407 g/mol. The molecule has 2 unspecified atom stereocenters. The first-order valence-corrected chi connectivity index (χ1v) is 10.4. The van der Waals surface area contributed by atoms with Gasteiger partial charge in [0.2, 0.25) is 17.7 Å². The number of hydrogen-bond donors (Lipinski definition) is 2. The lowest BCUT2D eigenvalue weighted by molar-refractivity contribution is -0.123. The average Bonchev–Trinajstić information content (AvgIpc) is 2.98. The Hall–Kier alpha value is -3.15. The molecule has 30 heavy (non-hydrogen) atoms. The van der Waals surface area contributed by atoms with Crippen molar-refractivity contribution in [2.24, 2.45) is 11.7 Å². The number of carbonyl (C=O) groups is 3. The minimum Gasteiger partial charge on any atom is -0.369 e. The molecule has 0 aliphatic carbocycles. The number of carbonyl (C=O) groups excluding carboxylic acids is 3. The van der Waals surface area contributed by atoms with Crippen molar-refractivity contribution in [2.45, 2.75) is 38.0 Å².